The van der Waals surface area contributed by atoms with Crippen LogP contribution in [0.5, 0.6) is 0 Å². The molecule has 0 aromatic carbocycles. The zero-order valence-electron chi connectivity index (χ0n) is 12.8. The third-order valence-electron chi connectivity index (χ3n) is 4.49. The van der Waals surface area contributed by atoms with Crippen LogP contribution in [0.3, 0.4) is 0 Å². The summed E-state index contributed by atoms with van der Waals surface area (Å²) in [5.41, 5.74) is 5.92. The van der Waals surface area contributed by atoms with Crippen LogP contribution in [0.2, 0.25) is 0 Å². The minimum absolute atomic E-state index is 0.0346. The van der Waals surface area contributed by atoms with E-state index in [0.717, 1.165) is 6.54 Å². The molecule has 3 rings (SSSR count). The molecule has 0 aromatic heterocycles. The zero-order valence-corrected chi connectivity index (χ0v) is 13.6. The smallest absolute Gasteiger partial charge is 0.385 e. The number of nitrogens with zero attached hydrogens (tertiary/aromatic N) is 3. The number of aliphatic imine (C=N–C) groups is 1. The Morgan fingerprint density at radius 3 is 2.75 bits per heavy atom. The summed E-state index contributed by atoms with van der Waals surface area (Å²) >= 11 is 0. The molecule has 3 amide bonds. The van der Waals surface area contributed by atoms with Gasteiger partial charge in [0, 0.05) is 13.1 Å². The van der Waals surface area contributed by atoms with Crippen molar-refractivity contribution < 1.29 is 26.8 Å². The van der Waals surface area contributed by atoms with Gasteiger partial charge in [-0.1, -0.05) is 0 Å². The summed E-state index contributed by atoms with van der Waals surface area (Å²) in [5.74, 6) is -0.502. The lowest BCUT2D eigenvalue weighted by atomic mass is 10.00. The number of urea groups is 1. The van der Waals surface area contributed by atoms with Crippen molar-refractivity contribution in [2.45, 2.75) is 31.3 Å². The molecule has 0 saturated carbocycles. The summed E-state index contributed by atoms with van der Waals surface area (Å²) in [6.07, 6.45) is 1.53. The molecular formula is C12H19N5O6S. The number of piperidine rings is 1. The number of nitrogens with one attached hydrogen (secondary N) is 1. The number of carbonyl (C=O) groups excluding carboxylic acids is 2. The van der Waals surface area contributed by atoms with Crippen LogP contribution in [0.15, 0.2) is 4.99 Å². The molecule has 24 heavy (non-hydrogen) atoms. The first kappa shape index (κ1) is 17.1. The largest absolute Gasteiger partial charge is 0.418 e. The lowest BCUT2D eigenvalue weighted by Gasteiger charge is -2.29. The van der Waals surface area contributed by atoms with Gasteiger partial charge in [-0.15, -0.1) is 4.28 Å². The average Bonchev–Trinajstić information content (AvgIpc) is 3.11. The number of nitrogens with two attached hydrogens (primary N) is 1. The molecule has 0 aliphatic carbocycles. The van der Waals surface area contributed by atoms with E-state index < -0.39 is 28.5 Å². The van der Waals surface area contributed by atoms with Crippen LogP contribution in [-0.4, -0.2) is 72.4 Å². The molecule has 11 nitrogen and oxygen atoms in total. The number of rotatable bonds is 4. The van der Waals surface area contributed by atoms with E-state index >= 15 is 0 Å². The molecule has 12 heteroatoms. The van der Waals surface area contributed by atoms with Gasteiger partial charge in [0.2, 0.25) is 0 Å². The van der Waals surface area contributed by atoms with E-state index in [1.54, 1.807) is 0 Å². The van der Waals surface area contributed by atoms with Gasteiger partial charge in [0.05, 0.1) is 18.0 Å². The van der Waals surface area contributed by atoms with Crippen molar-refractivity contribution in [3.63, 3.8) is 0 Å². The first-order valence-corrected chi connectivity index (χ1v) is 8.98. The molecule has 2 bridgehead atoms. The maximum absolute atomic E-state index is 12.3. The quantitative estimate of drug-likeness (QED) is 0.310. The SMILES string of the molecule is NC(=NC(=O)[C@@H]1CCNC1)[C@@H]1CC[C@@H]2CN1C(=O)N2OS(=O)(=O)O. The summed E-state index contributed by atoms with van der Waals surface area (Å²) in [6.45, 7) is 1.50. The minimum atomic E-state index is -4.79. The second-order valence-corrected chi connectivity index (χ2v) is 7.08. The van der Waals surface area contributed by atoms with E-state index in [4.69, 9.17) is 10.3 Å². The molecule has 0 radical (unpaired) electrons. The van der Waals surface area contributed by atoms with Crippen molar-refractivity contribution in [2.24, 2.45) is 16.6 Å². The van der Waals surface area contributed by atoms with Crippen molar-refractivity contribution in [3.05, 3.63) is 0 Å². The first-order chi connectivity index (χ1) is 11.3. The Kier molecular flexibility index (Phi) is 4.46. The van der Waals surface area contributed by atoms with Gasteiger partial charge >= 0.3 is 16.4 Å². The molecule has 3 atom stereocenters. The number of amidine groups is 1. The lowest BCUT2D eigenvalue weighted by Crippen LogP contribution is -2.48. The molecule has 3 fully saturated rings. The predicted octanol–water partition coefficient (Wildman–Crippen LogP) is -1.52. The van der Waals surface area contributed by atoms with E-state index in [9.17, 15) is 18.0 Å². The van der Waals surface area contributed by atoms with Gasteiger partial charge in [0.1, 0.15) is 5.84 Å². The molecule has 4 N–H and O–H groups in total. The van der Waals surface area contributed by atoms with E-state index in [1.807, 2.05) is 0 Å². The molecule has 3 aliphatic rings. The molecule has 0 unspecified atom stereocenters. The second kappa shape index (κ2) is 6.27. The standard InChI is InChI=1S/C12H19N5O6S/c13-10(15-11(18)7-3-4-14-5-7)9-2-1-8-6-16(9)12(19)17(8)23-24(20,21)22/h7-9,14H,1-6H2,(H2,13,15,18)(H,20,21,22)/t7-,8-,9+/m1/s1. The van der Waals surface area contributed by atoms with Gasteiger partial charge in [-0.25, -0.2) is 4.79 Å². The van der Waals surface area contributed by atoms with Crippen LogP contribution in [0.25, 0.3) is 0 Å². The van der Waals surface area contributed by atoms with Crippen LogP contribution < -0.4 is 11.1 Å². The Hall–Kier alpha value is -1.76. The zero-order chi connectivity index (χ0) is 17.5. The van der Waals surface area contributed by atoms with Gasteiger partial charge in [-0.3, -0.25) is 9.35 Å². The van der Waals surface area contributed by atoms with E-state index in [1.165, 1.54) is 4.90 Å². The third kappa shape index (κ3) is 3.36. The van der Waals surface area contributed by atoms with Crippen molar-refractivity contribution >= 4 is 28.2 Å². The number of hydroxylamine groups is 2. The fourth-order valence-electron chi connectivity index (χ4n) is 3.30. The van der Waals surface area contributed by atoms with Crippen molar-refractivity contribution in [1.82, 2.24) is 15.3 Å². The number of amides is 3. The summed E-state index contributed by atoms with van der Waals surface area (Å²) in [6, 6.07) is -1.83. The van der Waals surface area contributed by atoms with Crippen molar-refractivity contribution in [3.8, 4) is 0 Å². The Labute approximate surface area is 138 Å². The number of fused-ring (bicyclic) bond motifs is 2. The Bertz CT molecular complexity index is 673. The van der Waals surface area contributed by atoms with Crippen molar-refractivity contribution in [1.29, 1.82) is 0 Å². The van der Waals surface area contributed by atoms with Crippen LogP contribution in [0.1, 0.15) is 19.3 Å². The monoisotopic (exact) mass is 361 g/mol. The summed E-state index contributed by atoms with van der Waals surface area (Å²) in [7, 11) is -4.79. The normalized spacial score (nSPS) is 31.0. The molecule has 0 spiro atoms. The molecule has 0 aromatic rings. The second-order valence-electron chi connectivity index (χ2n) is 6.07. The van der Waals surface area contributed by atoms with Crippen molar-refractivity contribution in [2.75, 3.05) is 19.6 Å². The third-order valence-corrected chi connectivity index (χ3v) is 4.84. The summed E-state index contributed by atoms with van der Waals surface area (Å²) in [5, 5.41) is 3.70. The molecular weight excluding hydrogens is 342 g/mol. The number of hydrogen-bond donors (Lipinski definition) is 3. The highest BCUT2D eigenvalue weighted by molar-refractivity contribution is 7.80. The van der Waals surface area contributed by atoms with Gasteiger partial charge in [-0.05, 0) is 25.8 Å². The van der Waals surface area contributed by atoms with Gasteiger partial charge < -0.3 is 16.0 Å². The highest BCUT2D eigenvalue weighted by Gasteiger charge is 2.48. The van der Waals surface area contributed by atoms with Gasteiger partial charge in [0.15, 0.2) is 0 Å². The van der Waals surface area contributed by atoms with Crippen LogP contribution in [0.4, 0.5) is 4.79 Å². The lowest BCUT2D eigenvalue weighted by molar-refractivity contribution is -0.121. The number of hydrogen-bond acceptors (Lipinski definition) is 6. The summed E-state index contributed by atoms with van der Waals surface area (Å²) < 4.78 is 34.8. The van der Waals surface area contributed by atoms with E-state index in [0.29, 0.717) is 30.9 Å². The molecule has 3 saturated heterocycles. The van der Waals surface area contributed by atoms with E-state index in [-0.39, 0.29) is 24.2 Å². The Morgan fingerprint density at radius 1 is 1.38 bits per heavy atom. The fourth-order valence-corrected chi connectivity index (χ4v) is 3.69. The Balaban J connectivity index is 1.72. The molecule has 3 heterocycles. The van der Waals surface area contributed by atoms with Crippen LogP contribution in [-0.2, 0) is 19.5 Å². The van der Waals surface area contributed by atoms with Gasteiger partial charge in [-0.2, -0.15) is 18.5 Å². The average molecular weight is 361 g/mol. The van der Waals surface area contributed by atoms with E-state index in [2.05, 4.69) is 14.6 Å². The maximum Gasteiger partial charge on any atom is 0.418 e. The maximum atomic E-state index is 12.3. The first-order valence-electron chi connectivity index (χ1n) is 7.61. The predicted molar refractivity (Wildman–Crippen MR) is 81.0 cm³/mol. The van der Waals surface area contributed by atoms with Crippen LogP contribution >= 0.6 is 0 Å². The highest BCUT2D eigenvalue weighted by Crippen LogP contribution is 2.30. The Morgan fingerprint density at radius 2 is 2.12 bits per heavy atom. The highest BCUT2D eigenvalue weighted by atomic mass is 32.3. The minimum Gasteiger partial charge on any atom is -0.385 e. The van der Waals surface area contributed by atoms with Crippen LogP contribution in [0, 0.1) is 5.92 Å². The van der Waals surface area contributed by atoms with Gasteiger partial charge in [0.25, 0.3) is 5.91 Å². The summed E-state index contributed by atoms with van der Waals surface area (Å²) in [4.78, 5) is 29.6. The number of carbonyl (C=O) groups is 2. The fraction of sp³-hybridized carbons (Fsp3) is 0.750. The molecule has 3 aliphatic heterocycles. The topological polar surface area (TPSA) is 155 Å². The molecule has 134 valence electrons.